The number of ether oxygens (including phenoxy) is 1. The second-order valence-corrected chi connectivity index (χ2v) is 15.2. The second-order valence-electron chi connectivity index (χ2n) is 15.2. The molecule has 6 aromatic carbocycles. The summed E-state index contributed by atoms with van der Waals surface area (Å²) in [5.41, 5.74) is 9.38. The third-order valence-corrected chi connectivity index (χ3v) is 10.6. The molecule has 9 aromatic rings. The van der Waals surface area contributed by atoms with Crippen LogP contribution >= 0.6 is 0 Å². The fourth-order valence-corrected chi connectivity index (χ4v) is 7.77. The van der Waals surface area contributed by atoms with Crippen LogP contribution in [0.5, 0.6) is 11.5 Å². The summed E-state index contributed by atoms with van der Waals surface area (Å²) in [5.74, 6) is 2.05. The number of anilines is 2. The maximum Gasteiger partial charge on any atom is 0.137 e. The first-order chi connectivity index (χ1) is 26.8. The minimum Gasteiger partial charge on any atom is -0.509 e. The number of para-hydroxylation sites is 3. The Balaban J connectivity index is 0.00000410. The van der Waals surface area contributed by atoms with Crippen molar-refractivity contribution >= 4 is 60.7 Å². The van der Waals surface area contributed by atoms with Gasteiger partial charge in [0.25, 0.3) is 0 Å². The van der Waals surface area contributed by atoms with Crippen molar-refractivity contribution in [3.8, 4) is 17.3 Å². The van der Waals surface area contributed by atoms with Crippen molar-refractivity contribution in [1.82, 2.24) is 14.1 Å². The molecule has 0 N–H and O–H groups in total. The van der Waals surface area contributed by atoms with E-state index in [1.165, 1.54) is 10.9 Å². The summed E-state index contributed by atoms with van der Waals surface area (Å²) in [6.07, 6.45) is 4.17. The fraction of sp³-hybridized carbons (Fsp3) is 0.102. The van der Waals surface area contributed by atoms with E-state index in [-0.39, 0.29) is 26.5 Å². The van der Waals surface area contributed by atoms with Crippen molar-refractivity contribution in [2.75, 3.05) is 9.80 Å². The Hall–Kier alpha value is -6.10. The van der Waals surface area contributed by atoms with Crippen LogP contribution in [0.2, 0.25) is 0 Å². The average Bonchev–Trinajstić information content (AvgIpc) is 3.89. The Bertz CT molecular complexity index is 2940. The molecule has 0 aliphatic carbocycles. The van der Waals surface area contributed by atoms with Gasteiger partial charge in [-0.15, -0.1) is 53.6 Å². The minimum absolute atomic E-state index is 0. The Kier molecular flexibility index (Phi) is 8.82. The number of benzene rings is 6. The van der Waals surface area contributed by atoms with Crippen LogP contribution in [0.15, 0.2) is 152 Å². The number of hydrogen-bond acceptors (Lipinski definition) is 4. The third kappa shape index (κ3) is 6.06. The van der Waals surface area contributed by atoms with Crippen molar-refractivity contribution in [1.29, 1.82) is 0 Å². The second kappa shape index (κ2) is 13.9. The molecule has 4 heterocycles. The largest absolute Gasteiger partial charge is 0.509 e. The number of fused-ring (bicyclic) bond motifs is 6. The van der Waals surface area contributed by atoms with Gasteiger partial charge in [-0.05, 0) is 46.8 Å². The third-order valence-electron chi connectivity index (χ3n) is 10.6. The molecule has 1 aliphatic rings. The molecule has 0 radical (unpaired) electrons. The maximum atomic E-state index is 6.77. The smallest absolute Gasteiger partial charge is 0.137 e. The molecule has 0 bridgehead atoms. The summed E-state index contributed by atoms with van der Waals surface area (Å²) in [6.45, 7) is 8.80. The molecule has 0 saturated carbocycles. The van der Waals surface area contributed by atoms with Gasteiger partial charge >= 0.3 is 0 Å². The predicted octanol–water partition coefficient (Wildman–Crippen LogP) is 12.0. The van der Waals surface area contributed by atoms with E-state index in [0.29, 0.717) is 11.5 Å². The molecule has 0 saturated heterocycles. The molecule has 7 heteroatoms. The van der Waals surface area contributed by atoms with Crippen LogP contribution in [0.25, 0.3) is 55.1 Å². The molecule has 56 heavy (non-hydrogen) atoms. The van der Waals surface area contributed by atoms with E-state index < -0.39 is 0 Å². The molecule has 3 aromatic heterocycles. The normalized spacial score (nSPS) is 13.2. The van der Waals surface area contributed by atoms with Crippen LogP contribution in [0, 0.1) is 18.8 Å². The van der Waals surface area contributed by atoms with E-state index in [9.17, 15) is 0 Å². The van der Waals surface area contributed by atoms with Gasteiger partial charge in [0.05, 0.1) is 5.52 Å². The summed E-state index contributed by atoms with van der Waals surface area (Å²) in [4.78, 5) is 9.40. The fourth-order valence-electron chi connectivity index (χ4n) is 7.77. The van der Waals surface area contributed by atoms with Crippen LogP contribution in [0.1, 0.15) is 31.9 Å². The number of aromatic nitrogens is 3. The van der Waals surface area contributed by atoms with Crippen LogP contribution < -0.4 is 14.5 Å². The zero-order valence-electron chi connectivity index (χ0n) is 31.5. The Labute approximate surface area is 341 Å². The van der Waals surface area contributed by atoms with Crippen LogP contribution in [0.3, 0.4) is 0 Å². The van der Waals surface area contributed by atoms with E-state index in [0.717, 1.165) is 66.7 Å². The topological polar surface area (TPSA) is 38.5 Å². The van der Waals surface area contributed by atoms with Crippen LogP contribution in [-0.2, 0) is 33.5 Å². The maximum absolute atomic E-state index is 6.77. The van der Waals surface area contributed by atoms with E-state index in [2.05, 4.69) is 193 Å². The van der Waals surface area contributed by atoms with E-state index >= 15 is 0 Å². The molecule has 10 rings (SSSR count). The summed E-state index contributed by atoms with van der Waals surface area (Å²) >= 11 is 0. The van der Waals surface area contributed by atoms with Gasteiger partial charge in [-0.3, -0.25) is 0 Å². The van der Waals surface area contributed by atoms with Gasteiger partial charge in [-0.25, -0.2) is 4.98 Å². The quantitative estimate of drug-likeness (QED) is 0.156. The minimum atomic E-state index is -0.149. The molecule has 0 fully saturated rings. The summed E-state index contributed by atoms with van der Waals surface area (Å²) in [5, 5.41) is 4.55. The molecular weight excluding hydrogens is 870 g/mol. The summed E-state index contributed by atoms with van der Waals surface area (Å²) in [6, 6.07) is 55.7. The molecule has 278 valence electrons. The monoisotopic (exact) mass is 907 g/mol. The van der Waals surface area contributed by atoms with E-state index in [1.54, 1.807) is 0 Å². The van der Waals surface area contributed by atoms with Gasteiger partial charge in [0, 0.05) is 85.1 Å². The van der Waals surface area contributed by atoms with Crippen molar-refractivity contribution in [3.63, 3.8) is 0 Å². The Morgan fingerprint density at radius 1 is 0.643 bits per heavy atom. The summed E-state index contributed by atoms with van der Waals surface area (Å²) < 4.78 is 11.2. The van der Waals surface area contributed by atoms with Crippen LogP contribution in [-0.4, -0.2) is 14.1 Å². The molecule has 0 spiro atoms. The van der Waals surface area contributed by atoms with E-state index in [1.807, 2.05) is 24.4 Å². The zero-order valence-corrected chi connectivity index (χ0v) is 33.7. The van der Waals surface area contributed by atoms with Crippen molar-refractivity contribution in [2.45, 2.75) is 26.2 Å². The van der Waals surface area contributed by atoms with Crippen molar-refractivity contribution in [3.05, 3.63) is 182 Å². The Morgan fingerprint density at radius 2 is 1.32 bits per heavy atom. The number of hydrogen-bond donors (Lipinski definition) is 0. The molecular formula is C49H38N5OPt-3. The van der Waals surface area contributed by atoms with Gasteiger partial charge in [0.1, 0.15) is 5.82 Å². The molecule has 0 atom stereocenters. The number of pyridine rings is 1. The van der Waals surface area contributed by atoms with Crippen LogP contribution in [0.4, 0.5) is 11.4 Å². The number of aryl methyl sites for hydroxylation is 1. The molecule has 1 aliphatic heterocycles. The van der Waals surface area contributed by atoms with Gasteiger partial charge in [-0.1, -0.05) is 111 Å². The van der Waals surface area contributed by atoms with Gasteiger partial charge in [-0.2, -0.15) is 6.07 Å². The van der Waals surface area contributed by atoms with Gasteiger partial charge < -0.3 is 23.7 Å². The molecule has 6 nitrogen and oxygen atoms in total. The molecule has 0 unspecified atom stereocenters. The first-order valence-corrected chi connectivity index (χ1v) is 18.6. The van der Waals surface area contributed by atoms with Crippen molar-refractivity contribution in [2.24, 2.45) is 7.05 Å². The Morgan fingerprint density at radius 3 is 2.07 bits per heavy atom. The van der Waals surface area contributed by atoms with E-state index in [4.69, 9.17) is 9.72 Å². The number of nitrogens with zero attached hydrogens (tertiary/aromatic N) is 5. The standard InChI is InChI=1S/C49H38N5O.Pt/c1-49(2,3)34-25-36(53-32-52(35-17-9-6-10-18-35)31-47(53)33-15-7-5-8-16-33)27-38(26-34)55-37-23-24-41-39-19-12-14-22-44(39)54(46(41)28-37)48-29-45-42(30-50-48)40-20-11-13-21-43(40)51(45)4;/h5-26,29-32H,1-4H3;/q-3;. The first-order valence-electron chi connectivity index (χ1n) is 18.6. The van der Waals surface area contributed by atoms with Crippen molar-refractivity contribution < 1.29 is 25.8 Å². The zero-order chi connectivity index (χ0) is 37.3. The number of rotatable bonds is 6. The predicted molar refractivity (Wildman–Crippen MR) is 226 cm³/mol. The van der Waals surface area contributed by atoms with Gasteiger partial charge in [0.2, 0.25) is 0 Å². The average molecular weight is 908 g/mol. The summed E-state index contributed by atoms with van der Waals surface area (Å²) in [7, 11) is 2.12. The van der Waals surface area contributed by atoms with Gasteiger partial charge in [0.15, 0.2) is 0 Å². The first kappa shape index (κ1) is 35.6. The SMILES string of the molecule is Cn1c2ccccc2c2cnc(-n3c4[c-]c(Oc5[c-]c(N6[CH-]N(c7ccccc7)C=C6c6ccccc6)cc(C(C)(C)C)c5)ccc4c4ccccc43)cc21.[Pt]. The molecule has 0 amide bonds.